The largest absolute Gasteiger partial charge is 0.466 e. The Hall–Kier alpha value is -3.57. The highest BCUT2D eigenvalue weighted by Crippen LogP contribution is 2.48. The molecule has 0 saturated heterocycles. The van der Waals surface area contributed by atoms with Gasteiger partial charge in [0.2, 0.25) is 0 Å². The number of fused-ring (bicyclic) bond motifs is 5. The summed E-state index contributed by atoms with van der Waals surface area (Å²) in [5, 5.41) is 0. The highest BCUT2D eigenvalue weighted by molar-refractivity contribution is 7.99. The maximum atomic E-state index is 11.9. The van der Waals surface area contributed by atoms with Crippen molar-refractivity contribution in [3.8, 4) is 22.5 Å². The van der Waals surface area contributed by atoms with Crippen molar-refractivity contribution in [2.24, 2.45) is 0 Å². The first kappa shape index (κ1) is 20.3. The minimum absolute atomic E-state index is 0.00747. The molecule has 5 heteroatoms. The van der Waals surface area contributed by atoms with E-state index >= 15 is 0 Å². The second-order valence-corrected chi connectivity index (χ2v) is 8.66. The number of hydrogen-bond acceptors (Lipinski definition) is 4. The second-order valence-electron chi connectivity index (χ2n) is 7.57. The number of benzene rings is 3. The van der Waals surface area contributed by atoms with Crippen LogP contribution in [0.25, 0.3) is 28.6 Å². The van der Waals surface area contributed by atoms with Gasteiger partial charge >= 0.3 is 5.97 Å². The lowest BCUT2D eigenvalue weighted by atomic mass is 10.0. The zero-order chi connectivity index (χ0) is 22.1. The van der Waals surface area contributed by atoms with Gasteiger partial charge in [-0.1, -0.05) is 78.5 Å². The van der Waals surface area contributed by atoms with Gasteiger partial charge in [-0.2, -0.15) is 0 Å². The molecule has 4 aromatic rings. The number of hydrogen-bond donors (Lipinski definition) is 0. The number of nitrogens with zero attached hydrogens (tertiary/aromatic N) is 2. The molecule has 0 bridgehead atoms. The van der Waals surface area contributed by atoms with Crippen LogP contribution in [-0.4, -0.2) is 22.6 Å². The van der Waals surface area contributed by atoms with Crippen LogP contribution in [0, 0.1) is 0 Å². The number of ether oxygens (including phenoxy) is 1. The van der Waals surface area contributed by atoms with Crippen molar-refractivity contribution in [3.63, 3.8) is 0 Å². The zero-order valence-electron chi connectivity index (χ0n) is 17.9. The Morgan fingerprint density at radius 3 is 2.28 bits per heavy atom. The predicted octanol–water partition coefficient (Wildman–Crippen LogP) is 6.48. The minimum Gasteiger partial charge on any atom is -0.466 e. The molecule has 1 aliphatic heterocycles. The summed E-state index contributed by atoms with van der Waals surface area (Å²) in [5.74, 6) is 0.312. The van der Waals surface area contributed by atoms with E-state index in [1.807, 2.05) is 24.3 Å². The van der Waals surface area contributed by atoms with Gasteiger partial charge in [-0.15, -0.1) is 0 Å². The predicted molar refractivity (Wildman–Crippen MR) is 129 cm³/mol. The molecule has 32 heavy (non-hydrogen) atoms. The number of carbonyl (C=O) groups excluding carboxylic acids is 1. The summed E-state index contributed by atoms with van der Waals surface area (Å²) in [5.41, 5.74) is 5.37. The molecule has 3 aromatic carbocycles. The Bertz CT molecular complexity index is 1320. The Kier molecular flexibility index (Phi) is 5.41. The maximum Gasteiger partial charge on any atom is 0.330 e. The third-order valence-electron chi connectivity index (χ3n) is 5.68. The SMILES string of the molecule is COC(=O)/C=C/c1nc2c(n1C(C)c1ccccc1)-c1ccccc1Sc1ccccc1-2. The smallest absolute Gasteiger partial charge is 0.330 e. The standard InChI is InChI=1S/C27H22N2O2S/c1-18(19-10-4-3-5-11-19)29-24(16-17-25(30)31-2)28-26-20-12-6-8-14-22(20)32-23-15-9-7-13-21(23)27(26)29/h3-18H,1-2H3/b17-16+. The average Bonchev–Trinajstić information content (AvgIpc) is 3.16. The molecule has 5 rings (SSSR count). The molecule has 0 aliphatic carbocycles. The van der Waals surface area contributed by atoms with Gasteiger partial charge in [0.25, 0.3) is 0 Å². The lowest BCUT2D eigenvalue weighted by Gasteiger charge is -2.20. The van der Waals surface area contributed by atoms with Crippen molar-refractivity contribution in [3.05, 3.63) is 96.3 Å². The van der Waals surface area contributed by atoms with Crippen LogP contribution < -0.4 is 0 Å². The molecule has 0 N–H and O–H groups in total. The van der Waals surface area contributed by atoms with Crippen LogP contribution in [0.3, 0.4) is 0 Å². The van der Waals surface area contributed by atoms with Gasteiger partial charge in [-0.05, 0) is 30.7 Å². The van der Waals surface area contributed by atoms with Gasteiger partial charge in [0.1, 0.15) is 5.82 Å². The number of imidazole rings is 1. The summed E-state index contributed by atoms with van der Waals surface area (Å²) in [7, 11) is 1.38. The van der Waals surface area contributed by atoms with Gasteiger partial charge < -0.3 is 9.30 Å². The molecule has 0 fully saturated rings. The summed E-state index contributed by atoms with van der Waals surface area (Å²) < 4.78 is 7.05. The van der Waals surface area contributed by atoms with Crippen LogP contribution in [0.5, 0.6) is 0 Å². The molecule has 1 aliphatic rings. The van der Waals surface area contributed by atoms with Crippen LogP contribution in [0.2, 0.25) is 0 Å². The Morgan fingerprint density at radius 2 is 1.56 bits per heavy atom. The molecule has 2 heterocycles. The van der Waals surface area contributed by atoms with Crippen molar-refractivity contribution in [1.29, 1.82) is 0 Å². The van der Waals surface area contributed by atoms with Gasteiger partial charge in [0.05, 0.1) is 24.5 Å². The monoisotopic (exact) mass is 438 g/mol. The highest BCUT2D eigenvalue weighted by atomic mass is 32.2. The number of aromatic nitrogens is 2. The van der Waals surface area contributed by atoms with E-state index < -0.39 is 5.97 Å². The maximum absolute atomic E-state index is 11.9. The molecule has 4 nitrogen and oxygen atoms in total. The summed E-state index contributed by atoms with van der Waals surface area (Å²) in [4.78, 5) is 19.3. The van der Waals surface area contributed by atoms with E-state index in [1.165, 1.54) is 28.5 Å². The van der Waals surface area contributed by atoms with Crippen LogP contribution in [0.15, 0.2) is 94.7 Å². The fourth-order valence-electron chi connectivity index (χ4n) is 4.12. The van der Waals surface area contributed by atoms with Gasteiger partial charge in [-0.3, -0.25) is 0 Å². The quantitative estimate of drug-likeness (QED) is 0.238. The van der Waals surface area contributed by atoms with Crippen molar-refractivity contribution >= 4 is 23.8 Å². The second kappa shape index (κ2) is 8.52. The van der Waals surface area contributed by atoms with Gasteiger partial charge in [0.15, 0.2) is 0 Å². The van der Waals surface area contributed by atoms with E-state index in [-0.39, 0.29) is 6.04 Å². The fraction of sp³-hybridized carbons (Fsp3) is 0.111. The van der Waals surface area contributed by atoms with Gasteiger partial charge in [-0.25, -0.2) is 9.78 Å². The van der Waals surface area contributed by atoms with Crippen molar-refractivity contribution < 1.29 is 9.53 Å². The minimum atomic E-state index is -0.404. The van der Waals surface area contributed by atoms with Crippen LogP contribution in [-0.2, 0) is 9.53 Å². The van der Waals surface area contributed by atoms with E-state index in [2.05, 4.69) is 66.1 Å². The third kappa shape index (κ3) is 3.55. The molecule has 0 spiro atoms. The lowest BCUT2D eigenvalue weighted by molar-refractivity contribution is -0.134. The Morgan fingerprint density at radius 1 is 0.938 bits per heavy atom. The number of carbonyl (C=O) groups is 1. The van der Waals surface area contributed by atoms with Gasteiger partial charge in [0, 0.05) is 27.0 Å². The molecule has 158 valence electrons. The first-order valence-electron chi connectivity index (χ1n) is 10.5. The Balaban J connectivity index is 1.83. The van der Waals surface area contributed by atoms with Crippen LogP contribution in [0.4, 0.5) is 0 Å². The van der Waals surface area contributed by atoms with Crippen molar-refractivity contribution in [2.75, 3.05) is 7.11 Å². The molecular weight excluding hydrogens is 416 g/mol. The van der Waals surface area contributed by atoms with E-state index in [0.717, 1.165) is 22.5 Å². The van der Waals surface area contributed by atoms with Crippen LogP contribution in [0.1, 0.15) is 24.4 Å². The first-order chi connectivity index (χ1) is 15.7. The summed E-state index contributed by atoms with van der Waals surface area (Å²) in [6, 6.07) is 27.1. The molecule has 1 aromatic heterocycles. The van der Waals surface area contributed by atoms with Crippen molar-refractivity contribution in [1.82, 2.24) is 9.55 Å². The number of rotatable bonds is 4. The summed E-state index contributed by atoms with van der Waals surface area (Å²) >= 11 is 1.76. The van der Waals surface area contributed by atoms with E-state index in [9.17, 15) is 4.79 Å². The highest BCUT2D eigenvalue weighted by Gasteiger charge is 2.28. The third-order valence-corrected chi connectivity index (χ3v) is 6.83. The molecule has 1 atom stereocenters. The van der Waals surface area contributed by atoms with Crippen molar-refractivity contribution in [2.45, 2.75) is 22.8 Å². The van der Waals surface area contributed by atoms with E-state index in [0.29, 0.717) is 5.82 Å². The molecule has 1 unspecified atom stereocenters. The molecular formula is C27H22N2O2S. The molecule has 0 saturated carbocycles. The van der Waals surface area contributed by atoms with E-state index in [4.69, 9.17) is 9.72 Å². The summed E-state index contributed by atoms with van der Waals surface area (Å²) in [6.45, 7) is 2.17. The summed E-state index contributed by atoms with van der Waals surface area (Å²) in [6.07, 6.45) is 3.18. The number of esters is 1. The zero-order valence-corrected chi connectivity index (χ0v) is 18.7. The normalized spacial score (nSPS) is 13.1. The van der Waals surface area contributed by atoms with Crippen LogP contribution >= 0.6 is 11.8 Å². The van der Waals surface area contributed by atoms with E-state index in [1.54, 1.807) is 17.8 Å². The molecule has 0 radical (unpaired) electrons. The topological polar surface area (TPSA) is 44.1 Å². The average molecular weight is 439 g/mol. The lowest BCUT2D eigenvalue weighted by Crippen LogP contribution is -2.11. The first-order valence-corrected chi connectivity index (χ1v) is 11.3. The Labute approximate surface area is 191 Å². The number of methoxy groups -OCH3 is 1. The fourth-order valence-corrected chi connectivity index (χ4v) is 5.20. The molecule has 0 amide bonds.